The van der Waals surface area contributed by atoms with Crippen LogP contribution in [0.1, 0.15) is 60.1 Å². The largest absolute Gasteiger partial charge is 0.351 e. The van der Waals surface area contributed by atoms with E-state index >= 15 is 0 Å². The number of nitrogens with one attached hydrogen (secondary N) is 1. The molecule has 0 aliphatic carbocycles. The number of para-hydroxylation sites is 1. The van der Waals surface area contributed by atoms with Crippen molar-refractivity contribution >= 4 is 34.6 Å². The molecule has 4 nitrogen and oxygen atoms in total. The van der Waals surface area contributed by atoms with Gasteiger partial charge in [0.15, 0.2) is 5.11 Å². The monoisotopic (exact) mass is 500 g/mol. The number of thiocarbonyl (C=S) groups is 1. The molecule has 6 heteroatoms. The van der Waals surface area contributed by atoms with Crippen molar-refractivity contribution < 1.29 is 0 Å². The van der Waals surface area contributed by atoms with Gasteiger partial charge in [0.05, 0.1) is 28.5 Å². The molecular formula is C29H29ClN4S. The molecular weight excluding hydrogens is 472 g/mol. The van der Waals surface area contributed by atoms with Crippen molar-refractivity contribution in [3.05, 3.63) is 112 Å². The van der Waals surface area contributed by atoms with Crippen LogP contribution in [-0.2, 0) is 0 Å². The Labute approximate surface area is 217 Å². The van der Waals surface area contributed by atoms with E-state index in [1.807, 2.05) is 36.5 Å². The molecule has 0 saturated carbocycles. The summed E-state index contributed by atoms with van der Waals surface area (Å²) in [6.45, 7) is 8.70. The van der Waals surface area contributed by atoms with Gasteiger partial charge in [-0.15, -0.1) is 0 Å². The summed E-state index contributed by atoms with van der Waals surface area (Å²) in [5.74, 6) is 0.472. The van der Waals surface area contributed by atoms with Gasteiger partial charge < -0.3 is 14.8 Å². The summed E-state index contributed by atoms with van der Waals surface area (Å²) in [5, 5.41) is 5.00. The predicted molar refractivity (Wildman–Crippen MR) is 149 cm³/mol. The summed E-state index contributed by atoms with van der Waals surface area (Å²) in [6, 6.07) is 24.8. The number of hydrogen-bond donors (Lipinski definition) is 1. The summed E-state index contributed by atoms with van der Waals surface area (Å²) >= 11 is 12.5. The summed E-state index contributed by atoms with van der Waals surface area (Å²) < 4.78 is 2.23. The van der Waals surface area contributed by atoms with Crippen molar-refractivity contribution in [2.75, 3.05) is 4.90 Å². The van der Waals surface area contributed by atoms with Crippen LogP contribution < -0.4 is 10.2 Å². The maximum absolute atomic E-state index is 6.61. The number of aryl methyl sites for hydroxylation is 1. The number of benzene rings is 2. The van der Waals surface area contributed by atoms with Gasteiger partial charge in [-0.3, -0.25) is 4.98 Å². The third-order valence-electron chi connectivity index (χ3n) is 6.82. The average molecular weight is 501 g/mol. The van der Waals surface area contributed by atoms with Crippen molar-refractivity contribution in [3.63, 3.8) is 0 Å². The van der Waals surface area contributed by atoms with Gasteiger partial charge in [0.2, 0.25) is 0 Å². The molecule has 2 atom stereocenters. The molecule has 3 heterocycles. The molecule has 0 amide bonds. The fourth-order valence-corrected chi connectivity index (χ4v) is 5.63. The van der Waals surface area contributed by atoms with Gasteiger partial charge in [0.25, 0.3) is 0 Å². The maximum Gasteiger partial charge on any atom is 0.174 e. The molecule has 1 saturated heterocycles. The number of halogens is 1. The number of hydrogen-bond acceptors (Lipinski definition) is 2. The van der Waals surface area contributed by atoms with Crippen molar-refractivity contribution in [1.82, 2.24) is 14.9 Å². The average Bonchev–Trinajstić information content (AvgIpc) is 3.35. The van der Waals surface area contributed by atoms with Crippen LogP contribution in [0.4, 0.5) is 5.69 Å². The van der Waals surface area contributed by atoms with E-state index in [-0.39, 0.29) is 12.1 Å². The summed E-state index contributed by atoms with van der Waals surface area (Å²) in [5.41, 5.74) is 7.77. The lowest BCUT2D eigenvalue weighted by Gasteiger charge is -2.28. The summed E-state index contributed by atoms with van der Waals surface area (Å²) in [6.07, 6.45) is 1.84. The highest BCUT2D eigenvalue weighted by atomic mass is 35.5. The van der Waals surface area contributed by atoms with Crippen LogP contribution in [-0.4, -0.2) is 14.7 Å². The Balaban J connectivity index is 1.67. The lowest BCUT2D eigenvalue weighted by atomic mass is 9.96. The molecule has 0 spiro atoms. The Morgan fingerprint density at radius 3 is 2.34 bits per heavy atom. The molecule has 1 aliphatic heterocycles. The first-order chi connectivity index (χ1) is 16.9. The highest BCUT2D eigenvalue weighted by Crippen LogP contribution is 2.44. The Kier molecular flexibility index (Phi) is 6.39. The topological polar surface area (TPSA) is 33.1 Å². The smallest absolute Gasteiger partial charge is 0.174 e. The molecule has 0 bridgehead atoms. The molecule has 35 heavy (non-hydrogen) atoms. The van der Waals surface area contributed by atoms with E-state index in [1.54, 1.807) is 0 Å². The highest BCUT2D eigenvalue weighted by molar-refractivity contribution is 7.80. The second-order valence-corrected chi connectivity index (χ2v) is 10.2. The van der Waals surface area contributed by atoms with E-state index in [9.17, 15) is 0 Å². The zero-order valence-electron chi connectivity index (χ0n) is 20.4. The third-order valence-corrected chi connectivity index (χ3v) is 7.45. The Morgan fingerprint density at radius 1 is 0.971 bits per heavy atom. The Bertz CT molecular complexity index is 1360. The molecule has 1 N–H and O–H groups in total. The number of aromatic nitrogens is 2. The van der Waals surface area contributed by atoms with Crippen LogP contribution in [0.3, 0.4) is 0 Å². The van der Waals surface area contributed by atoms with Gasteiger partial charge in [-0.05, 0) is 85.6 Å². The fourth-order valence-electron chi connectivity index (χ4n) is 5.06. The zero-order valence-corrected chi connectivity index (χ0v) is 21.9. The van der Waals surface area contributed by atoms with Gasteiger partial charge >= 0.3 is 0 Å². The molecule has 2 unspecified atom stereocenters. The molecule has 178 valence electrons. The molecule has 2 aromatic carbocycles. The lowest BCUT2D eigenvalue weighted by Crippen LogP contribution is -2.29. The van der Waals surface area contributed by atoms with Gasteiger partial charge in [-0.25, -0.2) is 0 Å². The first-order valence-electron chi connectivity index (χ1n) is 11.9. The number of pyridine rings is 1. The standard InChI is InChI=1S/C29H29ClN4S/c1-18(2)21-12-14-22(15-13-21)34-28(27(32-29(34)35)25-10-7-8-16-31-25)23-17-19(3)33(20(23)4)26-11-6-5-9-24(26)30/h5-18,27-28H,1-4H3,(H,32,35). The predicted octanol–water partition coefficient (Wildman–Crippen LogP) is 7.44. The highest BCUT2D eigenvalue weighted by Gasteiger charge is 2.42. The van der Waals surface area contributed by atoms with E-state index in [4.69, 9.17) is 28.8 Å². The quantitative estimate of drug-likeness (QED) is 0.288. The van der Waals surface area contributed by atoms with Gasteiger partial charge in [-0.2, -0.15) is 0 Å². The van der Waals surface area contributed by atoms with E-state index in [0.29, 0.717) is 11.0 Å². The van der Waals surface area contributed by atoms with Gasteiger partial charge in [-0.1, -0.05) is 55.8 Å². The van der Waals surface area contributed by atoms with Crippen molar-refractivity contribution in [3.8, 4) is 5.69 Å². The minimum absolute atomic E-state index is 0.0651. The van der Waals surface area contributed by atoms with E-state index in [0.717, 1.165) is 33.5 Å². The summed E-state index contributed by atoms with van der Waals surface area (Å²) in [7, 11) is 0. The van der Waals surface area contributed by atoms with Crippen LogP contribution in [0.2, 0.25) is 5.02 Å². The van der Waals surface area contributed by atoms with Crippen LogP contribution in [0, 0.1) is 13.8 Å². The zero-order chi connectivity index (χ0) is 24.7. The third kappa shape index (κ3) is 4.24. The first kappa shape index (κ1) is 23.6. The fraction of sp³-hybridized carbons (Fsp3) is 0.241. The second kappa shape index (κ2) is 9.48. The Morgan fingerprint density at radius 2 is 1.69 bits per heavy atom. The molecule has 1 fully saturated rings. The van der Waals surface area contributed by atoms with Gasteiger partial charge in [0, 0.05) is 23.3 Å². The van der Waals surface area contributed by atoms with Crippen LogP contribution >= 0.6 is 23.8 Å². The number of anilines is 1. The van der Waals surface area contributed by atoms with Crippen molar-refractivity contribution in [2.45, 2.75) is 45.7 Å². The molecule has 1 aliphatic rings. The second-order valence-electron chi connectivity index (χ2n) is 9.36. The summed E-state index contributed by atoms with van der Waals surface area (Å²) in [4.78, 5) is 6.92. The van der Waals surface area contributed by atoms with E-state index in [2.05, 4.69) is 84.9 Å². The molecule has 5 rings (SSSR count). The van der Waals surface area contributed by atoms with Crippen LogP contribution in [0.25, 0.3) is 5.69 Å². The molecule has 2 aromatic heterocycles. The Hall–Kier alpha value is -3.15. The van der Waals surface area contributed by atoms with E-state index < -0.39 is 0 Å². The van der Waals surface area contributed by atoms with Crippen molar-refractivity contribution in [2.24, 2.45) is 0 Å². The normalized spacial score (nSPS) is 17.8. The van der Waals surface area contributed by atoms with E-state index in [1.165, 1.54) is 11.1 Å². The van der Waals surface area contributed by atoms with Crippen molar-refractivity contribution in [1.29, 1.82) is 0 Å². The minimum Gasteiger partial charge on any atom is -0.351 e. The lowest BCUT2D eigenvalue weighted by molar-refractivity contribution is 0.565. The van der Waals surface area contributed by atoms with Crippen LogP contribution in [0.5, 0.6) is 0 Å². The first-order valence-corrected chi connectivity index (χ1v) is 12.7. The molecule has 0 radical (unpaired) electrons. The molecule has 4 aromatic rings. The van der Waals surface area contributed by atoms with Gasteiger partial charge in [0.1, 0.15) is 0 Å². The van der Waals surface area contributed by atoms with Crippen LogP contribution in [0.15, 0.2) is 79.0 Å². The number of rotatable bonds is 5. The number of nitrogens with zero attached hydrogens (tertiary/aromatic N) is 3. The SMILES string of the molecule is Cc1cc(C2C(c3ccccn3)NC(=S)N2c2ccc(C(C)C)cc2)c(C)n1-c1ccccc1Cl. The minimum atomic E-state index is -0.0892. The maximum atomic E-state index is 6.61.